The Balaban J connectivity index is 0.000000228. The second kappa shape index (κ2) is 16.7. The van der Waals surface area contributed by atoms with Crippen molar-refractivity contribution in [2.45, 2.75) is 96.3 Å². The quantitative estimate of drug-likeness (QED) is 0.134. The number of nitrogens with zero attached hydrogens (tertiary/aromatic N) is 5. The average Bonchev–Trinajstić information content (AvgIpc) is 3.56. The first-order valence-corrected chi connectivity index (χ1v) is 20.0. The largest absolute Gasteiger partial charge is 0.444 e. The molecule has 3 aromatic rings. The first-order valence-electron chi connectivity index (χ1n) is 15.2. The molecule has 3 N–H and O–H groups in total. The zero-order valence-electron chi connectivity index (χ0n) is 26.9. The molecule has 6 rings (SSSR count). The molecule has 0 bridgehead atoms. The minimum absolute atomic E-state index is 0. The fourth-order valence-electron chi connectivity index (χ4n) is 5.40. The highest BCUT2D eigenvalue weighted by atomic mass is 36.0. The first kappa shape index (κ1) is 39.5. The van der Waals surface area contributed by atoms with Crippen LogP contribution in [0.1, 0.15) is 95.3 Å². The zero-order chi connectivity index (χ0) is 33.8. The molecule has 0 radical (unpaired) electrons. The first-order chi connectivity index (χ1) is 21.5. The Morgan fingerprint density at radius 3 is 2.36 bits per heavy atom. The van der Waals surface area contributed by atoms with Gasteiger partial charge >= 0.3 is 11.3 Å². The van der Waals surface area contributed by atoms with Crippen molar-refractivity contribution < 1.29 is 14.1 Å². The molecule has 1 amide bonds. The van der Waals surface area contributed by atoms with Gasteiger partial charge < -0.3 is 20.4 Å². The van der Waals surface area contributed by atoms with Crippen LogP contribution >= 0.6 is 62.9 Å². The topological polar surface area (TPSA) is 139 Å². The molecule has 1 unspecified atom stereocenters. The molecule has 0 aliphatic carbocycles. The van der Waals surface area contributed by atoms with Crippen LogP contribution in [-0.4, -0.2) is 59.6 Å². The van der Waals surface area contributed by atoms with Crippen molar-refractivity contribution in [3.8, 4) is 0 Å². The number of aromatic amines is 1. The molecule has 2 fully saturated rings. The summed E-state index contributed by atoms with van der Waals surface area (Å²) in [4.78, 5) is 28.9. The third-order valence-corrected chi connectivity index (χ3v) is 8.02. The highest BCUT2D eigenvalue weighted by molar-refractivity contribution is 8.24. The molecule has 3 aliphatic heterocycles. The van der Waals surface area contributed by atoms with E-state index < -0.39 is 10.8 Å². The van der Waals surface area contributed by atoms with Gasteiger partial charge in [0.25, 0.3) is 5.56 Å². The molecule has 12 nitrogen and oxygen atoms in total. The van der Waals surface area contributed by atoms with Gasteiger partial charge in [-0.15, -0.1) is 12.4 Å². The average molecular weight is 775 g/mol. The highest BCUT2D eigenvalue weighted by Gasteiger charge is 2.33. The van der Waals surface area contributed by atoms with Crippen LogP contribution in [0.15, 0.2) is 28.7 Å². The molecule has 262 valence electrons. The van der Waals surface area contributed by atoms with Gasteiger partial charge in [-0.05, 0) is 113 Å². The van der Waals surface area contributed by atoms with Crippen molar-refractivity contribution in [1.29, 1.82) is 0 Å². The summed E-state index contributed by atoms with van der Waals surface area (Å²) >= 11 is 20.0. The maximum atomic E-state index is 12.5. The number of carbonyl (C=O) groups is 1. The summed E-state index contributed by atoms with van der Waals surface area (Å²) in [5, 5.41) is 12.7. The van der Waals surface area contributed by atoms with Crippen LogP contribution in [0.4, 0.5) is 10.6 Å². The Morgan fingerprint density at radius 2 is 1.72 bits per heavy atom. The minimum atomic E-state index is -3.22. The number of aryl methyl sites for hydroxylation is 1. The number of fused-ring (bicyclic) bond motifs is 2. The summed E-state index contributed by atoms with van der Waals surface area (Å²) in [6, 6.07) is 4.21. The van der Waals surface area contributed by atoms with Crippen molar-refractivity contribution in [2.75, 3.05) is 18.4 Å². The number of aromatic nitrogens is 5. The van der Waals surface area contributed by atoms with Gasteiger partial charge in [0.15, 0.2) is 0 Å². The summed E-state index contributed by atoms with van der Waals surface area (Å²) in [6.45, 7) is 11.1. The van der Waals surface area contributed by atoms with Gasteiger partial charge in [-0.25, -0.2) is 14.0 Å². The van der Waals surface area contributed by atoms with E-state index in [9.17, 15) is 14.2 Å². The molecule has 3 aliphatic rings. The van der Waals surface area contributed by atoms with Gasteiger partial charge in [0, 0.05) is 36.6 Å². The van der Waals surface area contributed by atoms with Crippen LogP contribution in [0.2, 0.25) is 0 Å². The van der Waals surface area contributed by atoms with E-state index in [1.807, 2.05) is 44.6 Å². The van der Waals surface area contributed by atoms with Crippen LogP contribution in [-0.2, 0) is 9.30 Å². The van der Waals surface area contributed by atoms with Crippen molar-refractivity contribution in [3.63, 3.8) is 0 Å². The molecule has 0 aromatic carbocycles. The van der Waals surface area contributed by atoms with E-state index in [0.717, 1.165) is 48.6 Å². The maximum absolute atomic E-state index is 12.5. The third-order valence-electron chi connectivity index (χ3n) is 7.56. The van der Waals surface area contributed by atoms with Crippen molar-refractivity contribution >= 4 is 86.7 Å². The Hall–Kier alpha value is -1.92. The molecule has 47 heavy (non-hydrogen) atoms. The molecular formula is C29H42Cl5N8O4P. The maximum Gasteiger partial charge on any atom is 0.410 e. The highest BCUT2D eigenvalue weighted by Crippen LogP contribution is 2.61. The second-order valence-corrected chi connectivity index (χ2v) is 19.6. The predicted molar refractivity (Wildman–Crippen MR) is 193 cm³/mol. The Morgan fingerprint density at radius 1 is 1.04 bits per heavy atom. The number of nitrogens with one attached hydrogen (secondary N) is 3. The normalized spacial score (nSPS) is 21.1. The lowest BCUT2D eigenvalue weighted by atomic mass is 10.00. The van der Waals surface area contributed by atoms with E-state index in [0.29, 0.717) is 23.8 Å². The smallest absolute Gasteiger partial charge is 0.410 e. The minimum Gasteiger partial charge on any atom is -0.444 e. The van der Waals surface area contributed by atoms with Gasteiger partial charge in [0.05, 0.1) is 23.5 Å². The van der Waals surface area contributed by atoms with Crippen LogP contribution < -0.4 is 16.2 Å². The van der Waals surface area contributed by atoms with Gasteiger partial charge in [-0.1, -0.05) is 18.0 Å². The summed E-state index contributed by atoms with van der Waals surface area (Å²) in [5.74, 6) is 0.984. The van der Waals surface area contributed by atoms with Gasteiger partial charge in [-0.2, -0.15) is 10.2 Å². The van der Waals surface area contributed by atoms with Crippen molar-refractivity contribution in [1.82, 2.24) is 34.6 Å². The van der Waals surface area contributed by atoms with Gasteiger partial charge in [-0.3, -0.25) is 14.3 Å². The molecule has 3 atom stereocenters. The summed E-state index contributed by atoms with van der Waals surface area (Å²) in [7, 11) is 0. The number of alkyl halides is 1. The lowest BCUT2D eigenvalue weighted by Gasteiger charge is -2.35. The zero-order valence-corrected chi connectivity index (χ0v) is 31.7. The van der Waals surface area contributed by atoms with Crippen LogP contribution in [0, 0.1) is 6.92 Å². The van der Waals surface area contributed by atoms with Gasteiger partial charge in [0.2, 0.25) is 0 Å². The molecule has 3 aromatic heterocycles. The fourth-order valence-corrected chi connectivity index (χ4v) is 5.57. The fraction of sp³-hybridized carbons (Fsp3) is 0.586. The van der Waals surface area contributed by atoms with Crippen LogP contribution in [0.5, 0.6) is 0 Å². The van der Waals surface area contributed by atoms with Crippen LogP contribution in [0.25, 0.3) is 11.8 Å². The number of hydrogen-bond donors (Lipinski definition) is 3. The molecule has 18 heteroatoms. The molecule has 2 saturated heterocycles. The van der Waals surface area contributed by atoms with E-state index in [1.165, 1.54) is 19.3 Å². The second-order valence-electron chi connectivity index (χ2n) is 12.5. The van der Waals surface area contributed by atoms with Gasteiger partial charge in [0.1, 0.15) is 22.6 Å². The van der Waals surface area contributed by atoms with E-state index in [2.05, 4.69) is 65.6 Å². The Bertz CT molecular complexity index is 1650. The number of carbonyl (C=O) groups excluding carboxylic acids is 1. The summed E-state index contributed by atoms with van der Waals surface area (Å²) < 4.78 is 18.6. The number of ether oxygens (including phenoxy) is 1. The Kier molecular flexibility index (Phi) is 14.0. The standard InChI is InChI=1S/C17H24N4O3.C12H17ClN4.Cl3OP.ClH/c1-11-10-21-14(18-15(11)22)9-12(19-21)13-7-5-6-8-20(13)16(23)24-17(2,3)4;1-8-7-17-11(15-12(8)13)6-10(16-17)9-4-2-3-5-14-9;1-5(2,3)4;/h9-10,13H,5-8H2,1-4H3,(H,18,22);6-7,9,12,14-15H,2-5H2,1H3;;1H/t13-;9-,12?;;/m00../s1. The number of anilines is 1. The van der Waals surface area contributed by atoms with E-state index >= 15 is 0 Å². The van der Waals surface area contributed by atoms with Crippen molar-refractivity contribution in [2.24, 2.45) is 0 Å². The lowest BCUT2D eigenvalue weighted by Crippen LogP contribution is -2.42. The number of hydrogen-bond acceptors (Lipinski definition) is 8. The molecule has 6 heterocycles. The Labute approximate surface area is 300 Å². The monoisotopic (exact) mass is 772 g/mol. The van der Waals surface area contributed by atoms with E-state index in [-0.39, 0.29) is 35.6 Å². The lowest BCUT2D eigenvalue weighted by molar-refractivity contribution is 0.00897. The number of piperidine rings is 2. The number of amides is 1. The molecular weight excluding hydrogens is 733 g/mol. The third kappa shape index (κ3) is 11.6. The molecule has 0 saturated carbocycles. The number of rotatable bonds is 2. The number of likely N-dealkylation sites (tertiary alicyclic amines) is 1. The molecule has 0 spiro atoms. The summed E-state index contributed by atoms with van der Waals surface area (Å²) in [6.07, 6.45) is 9.94. The van der Waals surface area contributed by atoms with Crippen molar-refractivity contribution in [3.05, 3.63) is 51.2 Å². The van der Waals surface area contributed by atoms with E-state index in [4.69, 9.17) is 16.3 Å². The number of halogens is 5. The predicted octanol–water partition coefficient (Wildman–Crippen LogP) is 8.57. The van der Waals surface area contributed by atoms with Crippen LogP contribution in [0.3, 0.4) is 0 Å². The SMILES string of the molecule is CC1=Cn2nc([C@@H]3CCCCN3)cc2NC1Cl.Cc1cn2nc([C@@H]3CCCCN3C(=O)OC(C)(C)C)cc2[nH]c1=O.Cl.O=P(Cl)(Cl)Cl. The summed E-state index contributed by atoms with van der Waals surface area (Å²) in [5.41, 5.74) is 3.45. The van der Waals surface area contributed by atoms with E-state index in [1.54, 1.807) is 22.5 Å². The number of H-pyrrole nitrogens is 1.